The molecule has 0 aliphatic carbocycles. The Hall–Kier alpha value is -4.63. The van der Waals surface area contributed by atoms with Crippen molar-refractivity contribution in [3.8, 4) is 0 Å². The van der Waals surface area contributed by atoms with Crippen molar-refractivity contribution in [2.24, 2.45) is 0 Å². The maximum Gasteiger partial charge on any atom is 0.306 e. The van der Waals surface area contributed by atoms with Crippen molar-refractivity contribution in [3.05, 3.63) is 170 Å². The number of esters is 2. The summed E-state index contributed by atoms with van der Waals surface area (Å²) in [7, 11) is 1.16. The normalized spacial score (nSPS) is 14.0. The monoisotopic (exact) mass is 1380 g/mol. The average molecular weight is 1380 g/mol. The molecule has 0 N–H and O–H groups in total. The van der Waals surface area contributed by atoms with Crippen molar-refractivity contribution in [3.63, 3.8) is 0 Å². The number of quaternary nitrogens is 1. The van der Waals surface area contributed by atoms with Gasteiger partial charge in [0.1, 0.15) is 19.8 Å². The number of carbonyl (C=O) groups is 2. The van der Waals surface area contributed by atoms with E-state index in [2.05, 4.69) is 184 Å². The van der Waals surface area contributed by atoms with Gasteiger partial charge >= 0.3 is 11.9 Å². The van der Waals surface area contributed by atoms with Gasteiger partial charge in [-0.15, -0.1) is 0 Å². The predicted octanol–water partition coefficient (Wildman–Crippen LogP) is 26.2. The quantitative estimate of drug-likeness (QED) is 0.0195. The first-order valence-electron chi connectivity index (χ1n) is 39.8. The van der Waals surface area contributed by atoms with Gasteiger partial charge in [0.25, 0.3) is 7.82 Å². The lowest BCUT2D eigenvalue weighted by Gasteiger charge is -2.28. The van der Waals surface area contributed by atoms with Gasteiger partial charge in [0.05, 0.1) is 27.7 Å². The highest BCUT2D eigenvalue weighted by Gasteiger charge is 2.22. The van der Waals surface area contributed by atoms with Crippen LogP contribution in [0, 0.1) is 0 Å². The van der Waals surface area contributed by atoms with Crippen LogP contribution in [-0.4, -0.2) is 70.0 Å². The van der Waals surface area contributed by atoms with Crippen LogP contribution in [0.5, 0.6) is 0 Å². The Morgan fingerprint density at radius 1 is 0.316 bits per heavy atom. The molecular weight excluding hydrogens is 1230 g/mol. The first kappa shape index (κ1) is 93.4. The second-order valence-corrected chi connectivity index (χ2v) is 28.7. The van der Waals surface area contributed by atoms with Crippen LogP contribution in [0.2, 0.25) is 0 Å². The first-order valence-corrected chi connectivity index (χ1v) is 41.3. The average Bonchev–Trinajstić information content (AvgIpc) is 1.08. The summed E-state index contributed by atoms with van der Waals surface area (Å²) in [5.41, 5.74) is 0. The molecular formula is C88H148NO8P. The van der Waals surface area contributed by atoms with Crippen LogP contribution in [0.1, 0.15) is 322 Å². The lowest BCUT2D eigenvalue weighted by atomic mass is 10.0. The van der Waals surface area contributed by atoms with Crippen LogP contribution in [0.15, 0.2) is 170 Å². The number of hydrogen-bond donors (Lipinski definition) is 0. The maximum absolute atomic E-state index is 12.9. The second kappa shape index (κ2) is 76.5. The van der Waals surface area contributed by atoms with Gasteiger partial charge in [0.15, 0.2) is 6.10 Å². The standard InChI is InChI=1S/C88H148NO8P/c1-6-8-10-12-14-16-18-20-22-24-26-28-30-32-34-36-38-40-41-42-43-44-45-46-47-49-51-53-55-57-59-61-63-65-67-69-71-73-75-77-79-81-88(91)97-86(85-96-98(92,93)95-83-82-89(3,4)5)84-94-87(90)80-78-76-74-72-70-68-66-64-62-60-58-56-54-52-50-48-39-37-35-33-31-29-27-25-23-21-19-17-15-13-11-9-7-2/h8-11,14-17,20-23,26-29,32-35,38-40,42-43,45-46,48,86H,6-7,12-13,18-19,24-25,30-31,36-37,41,44,47,49-85H2,1-5H3/b10-8-,11-9-,16-14-,17-15-,22-20-,23-21-,28-26-,29-27-,34-32-,35-33-,40-38-,43-42-,46-45-,48-39-. The Kier molecular flexibility index (Phi) is 72.9. The number of nitrogens with zero attached hydrogens (tertiary/aromatic N) is 1. The zero-order valence-electron chi connectivity index (χ0n) is 63.7. The van der Waals surface area contributed by atoms with E-state index >= 15 is 0 Å². The lowest BCUT2D eigenvalue weighted by Crippen LogP contribution is -2.37. The van der Waals surface area contributed by atoms with E-state index in [1.165, 1.54) is 161 Å². The highest BCUT2D eigenvalue weighted by molar-refractivity contribution is 7.45. The third-order valence-electron chi connectivity index (χ3n) is 16.7. The third kappa shape index (κ3) is 80.3. The molecule has 0 aromatic rings. The Bertz CT molecular complexity index is 2270. The summed E-state index contributed by atoms with van der Waals surface area (Å²) >= 11 is 0. The number of carbonyl (C=O) groups excluding carboxylic acids is 2. The van der Waals surface area contributed by atoms with Crippen molar-refractivity contribution >= 4 is 19.8 Å². The molecule has 0 heterocycles. The van der Waals surface area contributed by atoms with Crippen LogP contribution in [0.25, 0.3) is 0 Å². The third-order valence-corrected chi connectivity index (χ3v) is 17.7. The van der Waals surface area contributed by atoms with Crippen LogP contribution in [0.3, 0.4) is 0 Å². The van der Waals surface area contributed by atoms with Crippen molar-refractivity contribution in [1.29, 1.82) is 0 Å². The van der Waals surface area contributed by atoms with Crippen LogP contribution in [0.4, 0.5) is 0 Å². The molecule has 0 amide bonds. The van der Waals surface area contributed by atoms with E-state index in [9.17, 15) is 19.0 Å². The first-order chi connectivity index (χ1) is 48.0. The van der Waals surface area contributed by atoms with E-state index in [0.29, 0.717) is 17.4 Å². The molecule has 0 aliphatic heterocycles. The summed E-state index contributed by atoms with van der Waals surface area (Å²) in [4.78, 5) is 38.2. The second-order valence-electron chi connectivity index (χ2n) is 27.3. The lowest BCUT2D eigenvalue weighted by molar-refractivity contribution is -0.870. The number of likely N-dealkylation sites (N-methyl/N-ethyl adjacent to an activating group) is 1. The zero-order valence-corrected chi connectivity index (χ0v) is 64.6. The highest BCUT2D eigenvalue weighted by atomic mass is 31.2. The topological polar surface area (TPSA) is 111 Å². The van der Waals surface area contributed by atoms with Gasteiger partial charge in [0, 0.05) is 12.8 Å². The molecule has 98 heavy (non-hydrogen) atoms. The van der Waals surface area contributed by atoms with Crippen molar-refractivity contribution in [1.82, 2.24) is 0 Å². The molecule has 0 saturated carbocycles. The largest absolute Gasteiger partial charge is 0.756 e. The van der Waals surface area contributed by atoms with Crippen LogP contribution in [-0.2, 0) is 32.7 Å². The van der Waals surface area contributed by atoms with E-state index in [1.807, 2.05) is 21.1 Å². The summed E-state index contributed by atoms with van der Waals surface area (Å²) in [6.07, 6.45) is 116. The van der Waals surface area contributed by atoms with E-state index in [1.54, 1.807) is 0 Å². The minimum Gasteiger partial charge on any atom is -0.756 e. The van der Waals surface area contributed by atoms with Gasteiger partial charge in [-0.25, -0.2) is 0 Å². The SMILES string of the molecule is CC/C=C\C/C=C\C/C=C\C/C=C\C/C=C\C/C=C\C/C=C\C/C=C\CCCCCCCCCCCCCCCCCCC(=O)OC(COC(=O)CCCCCCCCCCCCCCCC/C=C\C/C=C\C/C=C\C/C=C\C/C=C\C/C=C\CC)COP(=O)([O-])OCC[N+](C)(C)C. The predicted molar refractivity (Wildman–Crippen MR) is 424 cm³/mol. The molecule has 558 valence electrons. The van der Waals surface area contributed by atoms with Crippen molar-refractivity contribution in [2.75, 3.05) is 47.5 Å². The molecule has 0 spiro atoms. The number of phosphoric ester groups is 1. The number of unbranched alkanes of at least 4 members (excludes halogenated alkanes) is 30. The molecule has 2 unspecified atom stereocenters. The molecule has 0 aromatic heterocycles. The van der Waals surface area contributed by atoms with E-state index in [4.69, 9.17) is 18.5 Å². The van der Waals surface area contributed by atoms with E-state index in [-0.39, 0.29) is 32.0 Å². The number of ether oxygens (including phenoxy) is 2. The maximum atomic E-state index is 12.9. The molecule has 0 aromatic carbocycles. The van der Waals surface area contributed by atoms with Crippen molar-refractivity contribution < 1.29 is 42.1 Å². The van der Waals surface area contributed by atoms with Crippen LogP contribution < -0.4 is 4.89 Å². The van der Waals surface area contributed by atoms with E-state index < -0.39 is 26.5 Å². The summed E-state index contributed by atoms with van der Waals surface area (Å²) < 4.78 is 34.4. The summed E-state index contributed by atoms with van der Waals surface area (Å²) in [6, 6.07) is 0. The number of phosphoric acid groups is 1. The van der Waals surface area contributed by atoms with Crippen molar-refractivity contribution in [2.45, 2.75) is 328 Å². The number of hydrogen-bond acceptors (Lipinski definition) is 8. The fourth-order valence-electron chi connectivity index (χ4n) is 10.7. The van der Waals surface area contributed by atoms with Gasteiger partial charge < -0.3 is 27.9 Å². The van der Waals surface area contributed by atoms with Gasteiger partial charge in [0.2, 0.25) is 0 Å². The summed E-state index contributed by atoms with van der Waals surface area (Å²) in [5, 5.41) is 0. The Morgan fingerprint density at radius 2 is 0.551 bits per heavy atom. The van der Waals surface area contributed by atoms with Gasteiger partial charge in [-0.05, 0) is 128 Å². The molecule has 0 saturated heterocycles. The number of allylic oxidation sites excluding steroid dienone is 28. The molecule has 10 heteroatoms. The Labute approximate surface area is 604 Å². The fourth-order valence-corrected chi connectivity index (χ4v) is 11.5. The minimum atomic E-state index is -4.65. The van der Waals surface area contributed by atoms with Gasteiger partial charge in [-0.2, -0.15) is 0 Å². The molecule has 2 atom stereocenters. The molecule has 0 bridgehead atoms. The summed E-state index contributed by atoms with van der Waals surface area (Å²) in [5.74, 6) is -0.832. The smallest absolute Gasteiger partial charge is 0.306 e. The Balaban J connectivity index is 4.01. The fraction of sp³-hybridized carbons (Fsp3) is 0.659. The zero-order chi connectivity index (χ0) is 71.1. The van der Waals surface area contributed by atoms with Gasteiger partial charge in [-0.3, -0.25) is 14.2 Å². The molecule has 0 fully saturated rings. The molecule has 0 radical (unpaired) electrons. The minimum absolute atomic E-state index is 0.0363. The molecule has 0 rings (SSSR count). The number of rotatable bonds is 72. The van der Waals surface area contributed by atoms with Crippen LogP contribution >= 0.6 is 7.82 Å². The van der Waals surface area contributed by atoms with Gasteiger partial charge in [-0.1, -0.05) is 351 Å². The Morgan fingerprint density at radius 3 is 0.816 bits per heavy atom. The molecule has 0 aliphatic rings. The summed E-state index contributed by atoms with van der Waals surface area (Å²) in [6.45, 7) is 4.03. The van der Waals surface area contributed by atoms with E-state index in [0.717, 1.165) is 128 Å². The molecule has 9 nitrogen and oxygen atoms in total. The highest BCUT2D eigenvalue weighted by Crippen LogP contribution is 2.38.